The molecule has 1 aromatic carbocycles. The van der Waals surface area contributed by atoms with Crippen molar-refractivity contribution in [3.05, 3.63) is 47.9 Å². The van der Waals surface area contributed by atoms with E-state index in [1.165, 1.54) is 13.4 Å². The van der Waals surface area contributed by atoms with Gasteiger partial charge in [0.05, 0.1) is 6.10 Å². The second-order valence-electron chi connectivity index (χ2n) is 4.20. The van der Waals surface area contributed by atoms with Crippen LogP contribution in [0.3, 0.4) is 0 Å². The van der Waals surface area contributed by atoms with Crippen molar-refractivity contribution in [2.75, 3.05) is 20.7 Å². The summed E-state index contributed by atoms with van der Waals surface area (Å²) in [5, 5.41) is 10.3. The van der Waals surface area contributed by atoms with Gasteiger partial charge in [0.25, 0.3) is 0 Å². The maximum atomic E-state index is 10.3. The molecule has 0 saturated carbocycles. The predicted octanol–water partition coefficient (Wildman–Crippen LogP) is 1.42. The maximum absolute atomic E-state index is 10.3. The summed E-state index contributed by atoms with van der Waals surface area (Å²) in [4.78, 5) is 0. The lowest BCUT2D eigenvalue weighted by atomic mass is 10.0. The van der Waals surface area contributed by atoms with Crippen molar-refractivity contribution < 1.29 is 24.1 Å². The van der Waals surface area contributed by atoms with Crippen LogP contribution in [0.25, 0.3) is 0 Å². The van der Waals surface area contributed by atoms with Crippen molar-refractivity contribution in [2.24, 2.45) is 0 Å². The van der Waals surface area contributed by atoms with E-state index < -0.39 is 12.2 Å². The molecular weight excluding hydrogens is 248 g/mol. The van der Waals surface area contributed by atoms with Gasteiger partial charge in [-0.05, 0) is 5.56 Å². The van der Waals surface area contributed by atoms with Crippen LogP contribution in [0.15, 0.2) is 42.4 Å². The second-order valence-corrected chi connectivity index (χ2v) is 4.20. The molecule has 0 aromatic heterocycles. The molecule has 0 aliphatic carbocycles. The van der Waals surface area contributed by atoms with E-state index in [9.17, 15) is 5.11 Å². The van der Waals surface area contributed by atoms with E-state index in [1.54, 1.807) is 0 Å². The number of ether oxygens (including phenoxy) is 4. The molecule has 2 unspecified atom stereocenters. The van der Waals surface area contributed by atoms with Crippen molar-refractivity contribution in [3.8, 4) is 0 Å². The van der Waals surface area contributed by atoms with Crippen molar-refractivity contribution in [1.82, 2.24) is 0 Å². The average Bonchev–Trinajstić information content (AvgIpc) is 2.94. The monoisotopic (exact) mass is 266 g/mol. The molecule has 0 fully saturated rings. The third-order valence-electron chi connectivity index (χ3n) is 2.78. The summed E-state index contributed by atoms with van der Waals surface area (Å²) in [5.41, 5.74) is 1.03. The topological polar surface area (TPSA) is 57.2 Å². The molecule has 0 spiro atoms. The molecular formula is C14H18O5. The highest BCUT2D eigenvalue weighted by Gasteiger charge is 2.28. The van der Waals surface area contributed by atoms with E-state index >= 15 is 0 Å². The minimum absolute atomic E-state index is 0.0806. The Morgan fingerprint density at radius 1 is 1.32 bits per heavy atom. The first-order valence-electron chi connectivity index (χ1n) is 6.08. The third kappa shape index (κ3) is 3.96. The summed E-state index contributed by atoms with van der Waals surface area (Å²) in [6, 6.07) is 9.71. The van der Waals surface area contributed by atoms with Gasteiger partial charge in [-0.2, -0.15) is 0 Å². The fourth-order valence-corrected chi connectivity index (χ4v) is 1.89. The smallest absolute Gasteiger partial charge is 0.230 e. The van der Waals surface area contributed by atoms with Crippen LogP contribution < -0.4 is 0 Å². The van der Waals surface area contributed by atoms with Crippen molar-refractivity contribution in [2.45, 2.75) is 18.6 Å². The largest absolute Gasteiger partial charge is 0.462 e. The van der Waals surface area contributed by atoms with Gasteiger partial charge in [0, 0.05) is 13.5 Å². The summed E-state index contributed by atoms with van der Waals surface area (Å²) in [5.74, 6) is 0.487. The van der Waals surface area contributed by atoms with Crippen LogP contribution in [-0.2, 0) is 25.4 Å². The van der Waals surface area contributed by atoms with E-state index in [-0.39, 0.29) is 13.6 Å². The zero-order valence-electron chi connectivity index (χ0n) is 10.8. The molecule has 5 nitrogen and oxygen atoms in total. The Morgan fingerprint density at radius 3 is 2.74 bits per heavy atom. The highest BCUT2D eigenvalue weighted by Crippen LogP contribution is 2.20. The van der Waals surface area contributed by atoms with Crippen LogP contribution in [0.5, 0.6) is 0 Å². The molecule has 1 aliphatic heterocycles. The standard InChI is InChI=1S/C14H18O5/c1-16-9-19-14(13-8-17-10-18-13)12(15)7-11-5-3-2-4-6-11/h2-6,8,12,14-15H,7,9-10H2,1H3. The Balaban J connectivity index is 2.00. The SMILES string of the molecule is COCOC(C1=COCO1)C(O)Cc1ccccc1. The van der Waals surface area contributed by atoms with Gasteiger partial charge in [0.1, 0.15) is 19.2 Å². The minimum Gasteiger partial charge on any atom is -0.462 e. The molecule has 1 aliphatic rings. The highest BCUT2D eigenvalue weighted by molar-refractivity contribution is 5.17. The number of aliphatic hydroxyl groups is 1. The van der Waals surface area contributed by atoms with Gasteiger partial charge < -0.3 is 24.1 Å². The summed E-state index contributed by atoms with van der Waals surface area (Å²) in [7, 11) is 1.53. The van der Waals surface area contributed by atoms with Gasteiger partial charge in [-0.3, -0.25) is 0 Å². The van der Waals surface area contributed by atoms with E-state index in [0.717, 1.165) is 5.56 Å². The van der Waals surface area contributed by atoms with Crippen LogP contribution in [0.2, 0.25) is 0 Å². The second kappa shape index (κ2) is 7.13. The molecule has 0 radical (unpaired) electrons. The van der Waals surface area contributed by atoms with Crippen LogP contribution in [0.4, 0.5) is 0 Å². The van der Waals surface area contributed by atoms with E-state index in [1.807, 2.05) is 30.3 Å². The van der Waals surface area contributed by atoms with Crippen molar-refractivity contribution >= 4 is 0 Å². The summed E-state index contributed by atoms with van der Waals surface area (Å²) < 4.78 is 20.6. The first-order valence-corrected chi connectivity index (χ1v) is 6.08. The molecule has 1 N–H and O–H groups in total. The fourth-order valence-electron chi connectivity index (χ4n) is 1.89. The minimum atomic E-state index is -0.731. The molecule has 0 amide bonds. The Bertz CT molecular complexity index is 404. The van der Waals surface area contributed by atoms with Gasteiger partial charge in [-0.25, -0.2) is 0 Å². The van der Waals surface area contributed by atoms with Crippen LogP contribution in [0, 0.1) is 0 Å². The number of hydrogen-bond acceptors (Lipinski definition) is 5. The molecule has 0 bridgehead atoms. The van der Waals surface area contributed by atoms with Gasteiger partial charge in [0.15, 0.2) is 5.76 Å². The summed E-state index contributed by atoms with van der Waals surface area (Å²) in [6.45, 7) is 0.234. The lowest BCUT2D eigenvalue weighted by molar-refractivity contribution is -0.113. The molecule has 2 rings (SSSR count). The average molecular weight is 266 g/mol. The molecule has 1 aromatic rings. The Kier molecular flexibility index (Phi) is 5.20. The van der Waals surface area contributed by atoms with Crippen LogP contribution >= 0.6 is 0 Å². The first kappa shape index (κ1) is 13.9. The Labute approximate surface area is 112 Å². The Morgan fingerprint density at radius 2 is 2.11 bits per heavy atom. The number of rotatable bonds is 7. The van der Waals surface area contributed by atoms with Gasteiger partial charge >= 0.3 is 0 Å². The van der Waals surface area contributed by atoms with E-state index in [4.69, 9.17) is 18.9 Å². The van der Waals surface area contributed by atoms with Crippen LogP contribution in [0.1, 0.15) is 5.56 Å². The zero-order chi connectivity index (χ0) is 13.5. The molecule has 1 heterocycles. The summed E-state index contributed by atoms with van der Waals surface area (Å²) in [6.07, 6.45) is 0.609. The van der Waals surface area contributed by atoms with Gasteiger partial charge in [-0.15, -0.1) is 0 Å². The number of benzene rings is 1. The molecule has 2 atom stereocenters. The van der Waals surface area contributed by atoms with Crippen LogP contribution in [-0.4, -0.2) is 38.0 Å². The molecule has 104 valence electrons. The van der Waals surface area contributed by atoms with Gasteiger partial charge in [-0.1, -0.05) is 30.3 Å². The van der Waals surface area contributed by atoms with Crippen molar-refractivity contribution in [1.29, 1.82) is 0 Å². The third-order valence-corrected chi connectivity index (χ3v) is 2.78. The maximum Gasteiger partial charge on any atom is 0.230 e. The predicted molar refractivity (Wildman–Crippen MR) is 68.0 cm³/mol. The fraction of sp³-hybridized carbons (Fsp3) is 0.429. The van der Waals surface area contributed by atoms with E-state index in [0.29, 0.717) is 12.2 Å². The lowest BCUT2D eigenvalue weighted by Crippen LogP contribution is -2.33. The quantitative estimate of drug-likeness (QED) is 0.756. The summed E-state index contributed by atoms with van der Waals surface area (Å²) >= 11 is 0. The number of aliphatic hydroxyl groups excluding tert-OH is 1. The lowest BCUT2D eigenvalue weighted by Gasteiger charge is -2.22. The highest BCUT2D eigenvalue weighted by atomic mass is 16.7. The zero-order valence-corrected chi connectivity index (χ0v) is 10.8. The normalized spacial score (nSPS) is 17.3. The Hall–Kier alpha value is -1.56. The molecule has 5 heteroatoms. The van der Waals surface area contributed by atoms with Crippen molar-refractivity contribution in [3.63, 3.8) is 0 Å². The molecule has 0 saturated heterocycles. The molecule has 19 heavy (non-hydrogen) atoms. The van der Waals surface area contributed by atoms with E-state index in [2.05, 4.69) is 0 Å². The number of methoxy groups -OCH3 is 1. The first-order chi connectivity index (χ1) is 9.31. The van der Waals surface area contributed by atoms with Gasteiger partial charge in [0.2, 0.25) is 6.79 Å². The number of hydrogen-bond donors (Lipinski definition) is 1.